The smallest absolute Gasteiger partial charge is 0.228 e. The molecule has 38 heavy (non-hydrogen) atoms. The molecule has 0 aromatic carbocycles. The molecule has 0 saturated heterocycles. The molecule has 2 aliphatic rings. The van der Waals surface area contributed by atoms with Crippen LogP contribution in [-0.4, -0.2) is 34.0 Å². The average Bonchev–Trinajstić information content (AvgIpc) is 2.75. The minimum absolute atomic E-state index is 0.242. The van der Waals surface area contributed by atoms with Gasteiger partial charge in [0.05, 0.1) is 22.4 Å². The first-order chi connectivity index (χ1) is 17.1. The molecule has 0 spiro atoms. The molecule has 0 aromatic heterocycles. The number of hydrogen-bond acceptors (Lipinski definition) is 8. The SMILES string of the molecule is CC1CCCCC1(OOC(C)(C)C)OOC(C)(C)C.CC1CCCCC1(OOC(C)(C)C)OOC(C)(C)C. The highest BCUT2D eigenvalue weighted by atomic mass is 17.3. The van der Waals surface area contributed by atoms with Crippen molar-refractivity contribution in [3.05, 3.63) is 0 Å². The van der Waals surface area contributed by atoms with Gasteiger partial charge in [0.25, 0.3) is 0 Å². The summed E-state index contributed by atoms with van der Waals surface area (Å²) in [4.78, 5) is 44.8. The summed E-state index contributed by atoms with van der Waals surface area (Å²) in [6, 6.07) is 0. The largest absolute Gasteiger partial charge is 0.236 e. The summed E-state index contributed by atoms with van der Waals surface area (Å²) < 4.78 is 0. The molecule has 0 aliphatic heterocycles. The Hall–Kier alpha value is -0.320. The average molecular weight is 549 g/mol. The summed E-state index contributed by atoms with van der Waals surface area (Å²) >= 11 is 0. The van der Waals surface area contributed by atoms with Crippen molar-refractivity contribution in [1.82, 2.24) is 0 Å². The van der Waals surface area contributed by atoms with Crippen LogP contribution in [0.4, 0.5) is 0 Å². The van der Waals surface area contributed by atoms with Crippen LogP contribution in [0.25, 0.3) is 0 Å². The van der Waals surface area contributed by atoms with Crippen molar-refractivity contribution in [1.29, 1.82) is 0 Å². The zero-order valence-corrected chi connectivity index (χ0v) is 27.1. The van der Waals surface area contributed by atoms with E-state index >= 15 is 0 Å². The van der Waals surface area contributed by atoms with Crippen molar-refractivity contribution < 1.29 is 39.1 Å². The highest BCUT2D eigenvalue weighted by Gasteiger charge is 2.46. The van der Waals surface area contributed by atoms with E-state index in [1.54, 1.807) is 0 Å². The Morgan fingerprint density at radius 3 is 0.842 bits per heavy atom. The second-order valence-corrected chi connectivity index (χ2v) is 15.0. The molecule has 0 aromatic rings. The molecule has 2 saturated carbocycles. The van der Waals surface area contributed by atoms with Crippen LogP contribution < -0.4 is 0 Å². The molecular weight excluding hydrogens is 488 g/mol. The van der Waals surface area contributed by atoms with Gasteiger partial charge in [0.2, 0.25) is 11.6 Å². The van der Waals surface area contributed by atoms with Crippen molar-refractivity contribution in [2.24, 2.45) is 11.8 Å². The van der Waals surface area contributed by atoms with Crippen LogP contribution in [-0.2, 0) is 39.1 Å². The molecule has 2 atom stereocenters. The molecular formula is C30H60O8. The third-order valence-electron chi connectivity index (χ3n) is 6.06. The maximum absolute atomic E-state index is 5.70. The Morgan fingerprint density at radius 2 is 0.658 bits per heavy atom. The maximum atomic E-state index is 5.70. The quantitative estimate of drug-likeness (QED) is 0.169. The standard InChI is InChI=1S/2C15H30O4/c2*1-12-10-8-9-11-15(12,18-16-13(2,3)4)19-17-14(5,6)7/h2*12H,8-11H2,1-7H3. The molecule has 228 valence electrons. The zero-order chi connectivity index (χ0) is 29.5. The topological polar surface area (TPSA) is 73.8 Å². The first-order valence-electron chi connectivity index (χ1n) is 14.6. The van der Waals surface area contributed by atoms with Crippen LogP contribution in [0.2, 0.25) is 0 Å². The minimum Gasteiger partial charge on any atom is -0.228 e. The van der Waals surface area contributed by atoms with E-state index in [2.05, 4.69) is 13.8 Å². The van der Waals surface area contributed by atoms with Gasteiger partial charge in [-0.05, 0) is 109 Å². The van der Waals surface area contributed by atoms with Crippen LogP contribution in [0.3, 0.4) is 0 Å². The third kappa shape index (κ3) is 13.8. The van der Waals surface area contributed by atoms with Gasteiger partial charge < -0.3 is 0 Å². The van der Waals surface area contributed by atoms with E-state index in [1.165, 1.54) is 12.8 Å². The lowest BCUT2D eigenvalue weighted by atomic mass is 9.85. The molecule has 8 heteroatoms. The molecule has 0 bridgehead atoms. The highest BCUT2D eigenvalue weighted by molar-refractivity contribution is 4.81. The summed E-state index contributed by atoms with van der Waals surface area (Å²) in [5, 5.41) is 0. The van der Waals surface area contributed by atoms with Crippen molar-refractivity contribution in [2.45, 2.75) is 182 Å². The summed E-state index contributed by atoms with van der Waals surface area (Å²) in [6.07, 6.45) is 8.21. The monoisotopic (exact) mass is 548 g/mol. The molecule has 0 amide bonds. The van der Waals surface area contributed by atoms with Crippen LogP contribution in [0.5, 0.6) is 0 Å². The predicted molar refractivity (Wildman–Crippen MR) is 148 cm³/mol. The Bertz CT molecular complexity index is 572. The Balaban J connectivity index is 0.000000380. The van der Waals surface area contributed by atoms with Gasteiger partial charge in [-0.15, -0.1) is 0 Å². The summed E-state index contributed by atoms with van der Waals surface area (Å²) in [6.45, 7) is 27.7. The highest BCUT2D eigenvalue weighted by Crippen LogP contribution is 2.41. The predicted octanol–water partition coefficient (Wildman–Crippen LogP) is 8.77. The third-order valence-corrected chi connectivity index (χ3v) is 6.06. The number of rotatable bonds is 8. The zero-order valence-electron chi connectivity index (χ0n) is 27.1. The lowest BCUT2D eigenvalue weighted by Gasteiger charge is -2.41. The number of hydrogen-bond donors (Lipinski definition) is 0. The van der Waals surface area contributed by atoms with E-state index < -0.39 is 11.6 Å². The fourth-order valence-electron chi connectivity index (χ4n) is 3.88. The molecule has 0 heterocycles. The van der Waals surface area contributed by atoms with Crippen LogP contribution in [0, 0.1) is 11.8 Å². The van der Waals surface area contributed by atoms with Crippen molar-refractivity contribution in [2.75, 3.05) is 0 Å². The lowest BCUT2D eigenvalue weighted by Crippen LogP contribution is -2.47. The summed E-state index contributed by atoms with van der Waals surface area (Å²) in [7, 11) is 0. The van der Waals surface area contributed by atoms with Gasteiger partial charge in [-0.3, -0.25) is 0 Å². The van der Waals surface area contributed by atoms with Gasteiger partial charge >= 0.3 is 0 Å². The fourth-order valence-corrected chi connectivity index (χ4v) is 3.88. The van der Waals surface area contributed by atoms with E-state index in [0.717, 1.165) is 38.5 Å². The normalized spacial score (nSPS) is 24.5. The van der Waals surface area contributed by atoms with E-state index in [0.29, 0.717) is 0 Å². The van der Waals surface area contributed by atoms with E-state index in [1.807, 2.05) is 83.1 Å². The van der Waals surface area contributed by atoms with Crippen molar-refractivity contribution in [3.63, 3.8) is 0 Å². The fraction of sp³-hybridized carbons (Fsp3) is 1.00. The van der Waals surface area contributed by atoms with Gasteiger partial charge in [-0.25, -0.2) is 19.6 Å². The molecule has 2 fully saturated rings. The second-order valence-electron chi connectivity index (χ2n) is 15.0. The molecule has 0 N–H and O–H groups in total. The van der Waals surface area contributed by atoms with Gasteiger partial charge in [0.15, 0.2) is 0 Å². The Labute approximate surface area is 233 Å². The van der Waals surface area contributed by atoms with E-state index in [4.69, 9.17) is 39.1 Å². The van der Waals surface area contributed by atoms with E-state index in [-0.39, 0.29) is 34.2 Å². The summed E-state index contributed by atoms with van der Waals surface area (Å²) in [5.74, 6) is -1.10. The van der Waals surface area contributed by atoms with Gasteiger partial charge in [0, 0.05) is 24.7 Å². The maximum Gasteiger partial charge on any atom is 0.236 e. The second kappa shape index (κ2) is 14.0. The molecule has 2 rings (SSSR count). The van der Waals surface area contributed by atoms with E-state index in [9.17, 15) is 0 Å². The minimum atomic E-state index is -0.793. The molecule has 8 nitrogen and oxygen atoms in total. The van der Waals surface area contributed by atoms with Crippen molar-refractivity contribution in [3.8, 4) is 0 Å². The Morgan fingerprint density at radius 1 is 0.421 bits per heavy atom. The van der Waals surface area contributed by atoms with Gasteiger partial charge in [-0.1, -0.05) is 26.7 Å². The van der Waals surface area contributed by atoms with Crippen LogP contribution in [0.1, 0.15) is 148 Å². The Kier molecular flexibility index (Phi) is 13.2. The van der Waals surface area contributed by atoms with Crippen LogP contribution in [0.15, 0.2) is 0 Å². The lowest BCUT2D eigenvalue weighted by molar-refractivity contribution is -0.555. The first kappa shape index (κ1) is 35.7. The molecule has 2 unspecified atom stereocenters. The first-order valence-corrected chi connectivity index (χ1v) is 14.6. The van der Waals surface area contributed by atoms with Gasteiger partial charge in [0.1, 0.15) is 0 Å². The van der Waals surface area contributed by atoms with Crippen LogP contribution >= 0.6 is 0 Å². The molecule has 2 aliphatic carbocycles. The molecule has 0 radical (unpaired) electrons. The van der Waals surface area contributed by atoms with Crippen molar-refractivity contribution >= 4 is 0 Å². The van der Waals surface area contributed by atoms with Gasteiger partial charge in [-0.2, -0.15) is 19.6 Å². The summed E-state index contributed by atoms with van der Waals surface area (Å²) in [5.41, 5.74) is -1.46.